The van der Waals surface area contributed by atoms with Crippen molar-refractivity contribution in [2.45, 2.75) is 6.16 Å². The summed E-state index contributed by atoms with van der Waals surface area (Å²) >= 11 is 0. The molecule has 0 bridgehead atoms. The summed E-state index contributed by atoms with van der Waals surface area (Å²) in [6, 6.07) is 36.3. The van der Waals surface area contributed by atoms with Gasteiger partial charge in [0.2, 0.25) is 0 Å². The van der Waals surface area contributed by atoms with Gasteiger partial charge in [0.25, 0.3) is 0 Å². The van der Waals surface area contributed by atoms with E-state index >= 15 is 0 Å². The average molecular weight is 421 g/mol. The first-order chi connectivity index (χ1) is 13.7. The molecule has 29 heavy (non-hydrogen) atoms. The number of rotatable bonds is 5. The van der Waals surface area contributed by atoms with E-state index in [1.54, 1.807) is 12.1 Å². The van der Waals surface area contributed by atoms with Crippen LogP contribution in [0.25, 0.3) is 0 Å². The van der Waals surface area contributed by atoms with Crippen molar-refractivity contribution in [1.82, 2.24) is 0 Å². The molecule has 0 radical (unpaired) electrons. The van der Waals surface area contributed by atoms with E-state index < -0.39 is 7.26 Å². The molecule has 2 N–H and O–H groups in total. The van der Waals surface area contributed by atoms with Gasteiger partial charge < -0.3 is 22.6 Å². The van der Waals surface area contributed by atoms with Crippen molar-refractivity contribution in [3.8, 4) is 11.5 Å². The number of hydrogen-bond acceptors (Lipinski definition) is 2. The van der Waals surface area contributed by atoms with Crippen molar-refractivity contribution >= 4 is 23.2 Å². The Morgan fingerprint density at radius 2 is 0.966 bits per heavy atom. The van der Waals surface area contributed by atoms with Gasteiger partial charge >= 0.3 is 0 Å². The number of halogens is 1. The first-order valence-electron chi connectivity index (χ1n) is 9.26. The summed E-state index contributed by atoms with van der Waals surface area (Å²) in [5, 5.41) is 24.3. The summed E-state index contributed by atoms with van der Waals surface area (Å²) in [7, 11) is -2.09. The highest BCUT2D eigenvalue weighted by Gasteiger charge is 2.45. The number of aromatic hydroxyl groups is 2. The van der Waals surface area contributed by atoms with E-state index in [2.05, 4.69) is 72.8 Å². The molecule has 146 valence electrons. The van der Waals surface area contributed by atoms with Crippen molar-refractivity contribution < 1.29 is 22.6 Å². The van der Waals surface area contributed by atoms with Crippen LogP contribution in [0.4, 0.5) is 0 Å². The largest absolute Gasteiger partial charge is 1.00 e. The van der Waals surface area contributed by atoms with Gasteiger partial charge in [-0.05, 0) is 54.6 Å². The van der Waals surface area contributed by atoms with Crippen LogP contribution in [0.5, 0.6) is 11.5 Å². The Hall–Kier alpha value is -2.80. The van der Waals surface area contributed by atoms with E-state index in [4.69, 9.17) is 0 Å². The maximum atomic E-state index is 10.5. The molecule has 0 unspecified atom stereocenters. The second-order valence-corrected chi connectivity index (χ2v) is 10.3. The third kappa shape index (κ3) is 4.15. The fourth-order valence-electron chi connectivity index (χ4n) is 3.72. The van der Waals surface area contributed by atoms with Crippen molar-refractivity contribution in [3.63, 3.8) is 0 Å². The molecule has 0 saturated heterocycles. The highest BCUT2D eigenvalue weighted by atomic mass is 35.5. The van der Waals surface area contributed by atoms with Gasteiger partial charge in [0.05, 0.1) is 0 Å². The average Bonchev–Trinajstić information content (AvgIpc) is 2.76. The number of phenolic OH excluding ortho intramolecular Hbond substituents is 2. The van der Waals surface area contributed by atoms with Crippen molar-refractivity contribution in [1.29, 1.82) is 0 Å². The Kier molecular flexibility index (Phi) is 6.59. The van der Waals surface area contributed by atoms with Gasteiger partial charge in [-0.25, -0.2) is 0 Å². The first-order valence-corrected chi connectivity index (χ1v) is 11.2. The lowest BCUT2D eigenvalue weighted by atomic mass is 10.2. The molecule has 0 aliphatic carbocycles. The van der Waals surface area contributed by atoms with Crippen LogP contribution < -0.4 is 28.3 Å². The molecule has 0 heterocycles. The van der Waals surface area contributed by atoms with Crippen molar-refractivity contribution in [2.24, 2.45) is 0 Å². The molecule has 4 heteroatoms. The second-order valence-electron chi connectivity index (χ2n) is 6.79. The van der Waals surface area contributed by atoms with E-state index in [0.29, 0.717) is 6.16 Å². The molecular formula is C25H22ClO2P. The van der Waals surface area contributed by atoms with E-state index in [1.165, 1.54) is 22.0 Å². The molecule has 0 aromatic heterocycles. The van der Waals surface area contributed by atoms with Crippen LogP contribution in [-0.4, -0.2) is 10.2 Å². The van der Waals surface area contributed by atoms with Crippen LogP contribution >= 0.6 is 7.26 Å². The molecule has 0 atom stereocenters. The van der Waals surface area contributed by atoms with Gasteiger partial charge in [0.15, 0.2) is 0 Å². The summed E-state index contributed by atoms with van der Waals surface area (Å²) in [5.74, 6) is 0.380. The molecule has 0 aliphatic heterocycles. The van der Waals surface area contributed by atoms with Crippen molar-refractivity contribution in [2.75, 3.05) is 0 Å². The maximum absolute atomic E-state index is 10.5. The maximum Gasteiger partial charge on any atom is 0.122 e. The zero-order valence-corrected chi connectivity index (χ0v) is 17.5. The Morgan fingerprint density at radius 1 is 0.552 bits per heavy atom. The van der Waals surface area contributed by atoms with Gasteiger partial charge in [0, 0.05) is 5.56 Å². The van der Waals surface area contributed by atoms with E-state index in [1.807, 2.05) is 18.2 Å². The molecule has 0 fully saturated rings. The van der Waals surface area contributed by atoms with Crippen LogP contribution in [0.1, 0.15) is 5.56 Å². The fraction of sp³-hybridized carbons (Fsp3) is 0.0400. The Balaban J connectivity index is 0.00000240. The topological polar surface area (TPSA) is 40.5 Å². The lowest BCUT2D eigenvalue weighted by Crippen LogP contribution is -3.00. The molecule has 0 saturated carbocycles. The van der Waals surface area contributed by atoms with E-state index in [9.17, 15) is 10.2 Å². The Morgan fingerprint density at radius 3 is 1.38 bits per heavy atom. The molecule has 0 spiro atoms. The molecule has 4 rings (SSSR count). The van der Waals surface area contributed by atoms with E-state index in [0.717, 1.165) is 5.56 Å². The lowest BCUT2D eigenvalue weighted by Gasteiger charge is -2.28. The van der Waals surface area contributed by atoms with Crippen LogP contribution in [-0.2, 0) is 6.16 Å². The van der Waals surface area contributed by atoms with Crippen LogP contribution in [0.3, 0.4) is 0 Å². The smallest absolute Gasteiger partial charge is 0.122 e. The van der Waals surface area contributed by atoms with Crippen LogP contribution in [0.15, 0.2) is 109 Å². The number of benzene rings is 4. The minimum atomic E-state index is -2.09. The highest BCUT2D eigenvalue weighted by molar-refractivity contribution is 7.95. The molecule has 4 aromatic rings. The fourth-order valence-corrected chi connectivity index (χ4v) is 7.97. The molecular weight excluding hydrogens is 399 g/mol. The summed E-state index contributed by atoms with van der Waals surface area (Å²) in [6.07, 6.45) is 0.630. The van der Waals surface area contributed by atoms with Crippen molar-refractivity contribution in [3.05, 3.63) is 115 Å². The minimum Gasteiger partial charge on any atom is -1.00 e. The molecule has 0 amide bonds. The third-order valence-electron chi connectivity index (χ3n) is 5.06. The Labute approximate surface area is 178 Å². The quantitative estimate of drug-likeness (QED) is 0.380. The normalized spacial score (nSPS) is 10.9. The summed E-state index contributed by atoms with van der Waals surface area (Å²) < 4.78 is 0. The second kappa shape index (κ2) is 9.13. The predicted octanol–water partition coefficient (Wildman–Crippen LogP) is 1.60. The SMILES string of the molecule is Oc1ccc(O)c(C[P+](c2ccccc2)(c2ccccc2)c2ccccc2)c1.[Cl-]. The zero-order valence-electron chi connectivity index (χ0n) is 15.8. The number of hydrogen-bond donors (Lipinski definition) is 2. The monoisotopic (exact) mass is 420 g/mol. The highest BCUT2D eigenvalue weighted by Crippen LogP contribution is 2.59. The molecule has 4 aromatic carbocycles. The third-order valence-corrected chi connectivity index (χ3v) is 9.42. The minimum absolute atomic E-state index is 0. The Bertz CT molecular complexity index is 957. The van der Waals surface area contributed by atoms with Gasteiger partial charge in [-0.1, -0.05) is 54.6 Å². The first kappa shape index (κ1) is 20.9. The zero-order chi connectivity index (χ0) is 19.4. The van der Waals surface area contributed by atoms with Crippen LogP contribution in [0.2, 0.25) is 0 Å². The van der Waals surface area contributed by atoms with E-state index in [-0.39, 0.29) is 23.9 Å². The van der Waals surface area contributed by atoms with Gasteiger partial charge in [-0.2, -0.15) is 0 Å². The number of phenols is 2. The standard InChI is InChI=1S/C25H21O2P.ClH/c26-21-16-17-25(27)20(18-21)19-28(22-10-4-1-5-11-22,23-12-6-2-7-13-23)24-14-8-3-9-15-24;/h1-18H,19H2,(H-,26,27);1H. The lowest BCUT2D eigenvalue weighted by molar-refractivity contribution is -0.00000743. The van der Waals surface area contributed by atoms with Crippen LogP contribution in [0, 0.1) is 0 Å². The molecule has 0 aliphatic rings. The van der Waals surface area contributed by atoms with Gasteiger partial charge in [0.1, 0.15) is 40.8 Å². The predicted molar refractivity (Wildman–Crippen MR) is 119 cm³/mol. The summed E-state index contributed by atoms with van der Waals surface area (Å²) in [5.41, 5.74) is 0.755. The summed E-state index contributed by atoms with van der Waals surface area (Å²) in [4.78, 5) is 0. The molecule has 2 nitrogen and oxygen atoms in total. The summed E-state index contributed by atoms with van der Waals surface area (Å²) in [6.45, 7) is 0. The van der Waals surface area contributed by atoms with Gasteiger partial charge in [-0.15, -0.1) is 0 Å². The van der Waals surface area contributed by atoms with Gasteiger partial charge in [-0.3, -0.25) is 0 Å².